The predicted molar refractivity (Wildman–Crippen MR) is 115 cm³/mol. The van der Waals surface area contributed by atoms with Gasteiger partial charge in [-0.05, 0) is 11.5 Å². The molecule has 170 valence electrons. The van der Waals surface area contributed by atoms with Crippen LogP contribution in [0.2, 0.25) is 0 Å². The first kappa shape index (κ1) is 23.2. The highest BCUT2D eigenvalue weighted by molar-refractivity contribution is 6.37. The molecule has 2 atom stereocenters. The van der Waals surface area contributed by atoms with Crippen molar-refractivity contribution in [2.24, 2.45) is 11.8 Å². The van der Waals surface area contributed by atoms with Crippen LogP contribution in [0.25, 0.3) is 0 Å². The van der Waals surface area contributed by atoms with Crippen LogP contribution in [-0.2, 0) is 38.7 Å². The molecule has 0 fully saturated rings. The van der Waals surface area contributed by atoms with Crippen LogP contribution in [0, 0.1) is 11.8 Å². The molecule has 32 heavy (non-hydrogen) atoms. The summed E-state index contributed by atoms with van der Waals surface area (Å²) in [6.07, 6.45) is 2.73. The number of Topliss-reactive ketones (excluding diaryl/α,β-unsaturated/α-hetero) is 2. The number of carbonyl (C=O) groups excluding carboxylic acids is 4. The van der Waals surface area contributed by atoms with Crippen molar-refractivity contribution in [2.75, 3.05) is 6.54 Å². The van der Waals surface area contributed by atoms with Gasteiger partial charge in [-0.1, -0.05) is 44.2 Å². The maximum atomic E-state index is 13.0. The lowest BCUT2D eigenvalue weighted by Gasteiger charge is -2.23. The minimum atomic E-state index is -0.854. The van der Waals surface area contributed by atoms with Gasteiger partial charge in [-0.25, -0.2) is 9.78 Å². The normalized spacial score (nSPS) is 17.4. The summed E-state index contributed by atoms with van der Waals surface area (Å²) >= 11 is 0. The number of rotatable bonds is 7. The molecule has 0 saturated carbocycles. The number of carbonyl (C=O) groups is 4. The molecule has 2 N–H and O–H groups in total. The average molecular weight is 441 g/mol. The van der Waals surface area contributed by atoms with E-state index in [4.69, 9.17) is 4.74 Å². The Kier molecular flexibility index (Phi) is 7.75. The van der Waals surface area contributed by atoms with Gasteiger partial charge in [0.15, 0.2) is 5.78 Å². The van der Waals surface area contributed by atoms with Crippen molar-refractivity contribution in [3.63, 3.8) is 0 Å². The van der Waals surface area contributed by atoms with Crippen molar-refractivity contribution >= 4 is 23.6 Å². The van der Waals surface area contributed by atoms with Gasteiger partial charge in [0.1, 0.15) is 6.61 Å². The average Bonchev–Trinajstić information content (AvgIpc) is 3.21. The minimum Gasteiger partial charge on any atom is -0.445 e. The van der Waals surface area contributed by atoms with Crippen LogP contribution in [0.4, 0.5) is 4.79 Å². The van der Waals surface area contributed by atoms with E-state index in [0.717, 1.165) is 5.56 Å². The molecule has 1 aliphatic heterocycles. The standard InChI is InChI=1S/C23H28N4O5/c1-15(2)20(26-23(31)32-13-16-6-4-3-5-7-16)19(28)11-17-10-18-12-27(14-25-18)9-8-24-22(30)21(17)29/h3-7,12,14-15,17,20H,8-11,13H2,1-2H3,(H,24,30)(H,26,31). The van der Waals surface area contributed by atoms with Crippen LogP contribution in [-0.4, -0.2) is 45.7 Å². The molecule has 9 nitrogen and oxygen atoms in total. The van der Waals surface area contributed by atoms with Crippen LogP contribution in [0.3, 0.4) is 0 Å². The van der Waals surface area contributed by atoms with Crippen molar-refractivity contribution in [1.29, 1.82) is 0 Å². The summed E-state index contributed by atoms with van der Waals surface area (Å²) in [5.74, 6) is -2.77. The van der Waals surface area contributed by atoms with Gasteiger partial charge in [0, 0.05) is 38.0 Å². The number of ketones is 2. The van der Waals surface area contributed by atoms with Crippen LogP contribution in [0.15, 0.2) is 42.9 Å². The largest absolute Gasteiger partial charge is 0.445 e. The summed E-state index contributed by atoms with van der Waals surface area (Å²) in [4.78, 5) is 54.5. The molecule has 2 amide bonds. The third kappa shape index (κ3) is 6.26. The van der Waals surface area contributed by atoms with Gasteiger partial charge in [-0.2, -0.15) is 0 Å². The Bertz CT molecular complexity index is 970. The Morgan fingerprint density at radius 2 is 2.00 bits per heavy atom. The first-order valence-corrected chi connectivity index (χ1v) is 10.7. The highest BCUT2D eigenvalue weighted by atomic mass is 16.5. The van der Waals surface area contributed by atoms with Gasteiger partial charge in [0.25, 0.3) is 5.91 Å². The third-order valence-corrected chi connectivity index (χ3v) is 5.34. The first-order chi connectivity index (χ1) is 15.3. The van der Waals surface area contributed by atoms with Gasteiger partial charge >= 0.3 is 6.09 Å². The summed E-state index contributed by atoms with van der Waals surface area (Å²) in [6, 6.07) is 8.36. The number of nitrogens with zero attached hydrogens (tertiary/aromatic N) is 2. The zero-order valence-corrected chi connectivity index (χ0v) is 18.2. The van der Waals surface area contributed by atoms with E-state index < -0.39 is 29.7 Å². The molecule has 2 unspecified atom stereocenters. The Labute approximate surface area is 186 Å². The molecule has 0 saturated heterocycles. The van der Waals surface area contributed by atoms with Crippen molar-refractivity contribution in [1.82, 2.24) is 20.2 Å². The van der Waals surface area contributed by atoms with Crippen molar-refractivity contribution in [2.45, 2.75) is 45.9 Å². The fourth-order valence-electron chi connectivity index (χ4n) is 3.60. The van der Waals surface area contributed by atoms with Gasteiger partial charge in [-0.3, -0.25) is 14.4 Å². The maximum absolute atomic E-state index is 13.0. The number of nitrogens with one attached hydrogen (secondary N) is 2. The molecule has 2 aromatic rings. The summed E-state index contributed by atoms with van der Waals surface area (Å²) in [5.41, 5.74) is 1.47. The quantitative estimate of drug-likeness (QED) is 0.632. The minimum absolute atomic E-state index is 0.0790. The number of hydrogen-bond acceptors (Lipinski definition) is 6. The lowest BCUT2D eigenvalue weighted by Crippen LogP contribution is -2.46. The van der Waals surface area contributed by atoms with Crippen LogP contribution < -0.4 is 10.6 Å². The Balaban J connectivity index is 1.65. The van der Waals surface area contributed by atoms with Gasteiger partial charge in [0.05, 0.1) is 18.1 Å². The molecule has 1 aliphatic rings. The summed E-state index contributed by atoms with van der Waals surface area (Å²) < 4.78 is 7.05. The molecule has 0 spiro atoms. The number of hydrogen-bond donors (Lipinski definition) is 2. The van der Waals surface area contributed by atoms with E-state index in [2.05, 4.69) is 15.6 Å². The Hall–Kier alpha value is -3.49. The van der Waals surface area contributed by atoms with E-state index in [0.29, 0.717) is 18.8 Å². The van der Waals surface area contributed by atoms with Crippen LogP contribution in [0.5, 0.6) is 0 Å². The van der Waals surface area contributed by atoms with Gasteiger partial charge in [0.2, 0.25) is 5.78 Å². The molecule has 0 radical (unpaired) electrons. The van der Waals surface area contributed by atoms with Gasteiger partial charge < -0.3 is 19.9 Å². The molecule has 1 aromatic heterocycles. The summed E-state index contributed by atoms with van der Waals surface area (Å²) in [5, 5.41) is 5.19. The number of amides is 2. The lowest BCUT2D eigenvalue weighted by atomic mass is 9.87. The number of ether oxygens (including phenoxy) is 1. The zero-order chi connectivity index (χ0) is 23.1. The second-order valence-electron chi connectivity index (χ2n) is 8.22. The number of benzene rings is 1. The molecule has 0 aliphatic carbocycles. The van der Waals surface area contributed by atoms with E-state index in [1.807, 2.05) is 34.9 Å². The van der Waals surface area contributed by atoms with E-state index in [-0.39, 0.29) is 31.1 Å². The van der Waals surface area contributed by atoms with Crippen molar-refractivity contribution in [3.05, 3.63) is 54.1 Å². The smallest absolute Gasteiger partial charge is 0.408 e. The SMILES string of the molecule is CC(C)C(NC(=O)OCc1ccccc1)C(=O)CC1Cc2cn(cn2)CCNC(=O)C1=O. The third-order valence-electron chi connectivity index (χ3n) is 5.34. The molecule has 2 heterocycles. The summed E-state index contributed by atoms with van der Waals surface area (Å²) in [6.45, 7) is 4.48. The topological polar surface area (TPSA) is 119 Å². The molecule has 3 rings (SSSR count). The molecular weight excluding hydrogens is 412 g/mol. The van der Waals surface area contributed by atoms with E-state index >= 15 is 0 Å². The van der Waals surface area contributed by atoms with E-state index in [1.54, 1.807) is 26.4 Å². The maximum Gasteiger partial charge on any atom is 0.408 e. The molecule has 9 heteroatoms. The fourth-order valence-corrected chi connectivity index (χ4v) is 3.60. The second-order valence-corrected chi connectivity index (χ2v) is 8.22. The van der Waals surface area contributed by atoms with E-state index in [1.165, 1.54) is 0 Å². The monoisotopic (exact) mass is 440 g/mol. The first-order valence-electron chi connectivity index (χ1n) is 10.7. The van der Waals surface area contributed by atoms with Crippen LogP contribution >= 0.6 is 0 Å². The van der Waals surface area contributed by atoms with Gasteiger partial charge in [-0.15, -0.1) is 0 Å². The number of imidazole rings is 1. The molecule has 2 bridgehead atoms. The number of fused-ring (bicyclic) bond motifs is 2. The highest BCUT2D eigenvalue weighted by Crippen LogP contribution is 2.18. The van der Waals surface area contributed by atoms with Crippen LogP contribution in [0.1, 0.15) is 31.5 Å². The molecular formula is C23H28N4O5. The Morgan fingerprint density at radius 3 is 2.72 bits per heavy atom. The zero-order valence-electron chi connectivity index (χ0n) is 18.2. The van der Waals surface area contributed by atoms with E-state index in [9.17, 15) is 19.2 Å². The fraction of sp³-hybridized carbons (Fsp3) is 0.435. The summed E-state index contributed by atoms with van der Waals surface area (Å²) in [7, 11) is 0. The second kappa shape index (κ2) is 10.7. The number of aromatic nitrogens is 2. The van der Waals surface area contributed by atoms with Crippen molar-refractivity contribution < 1.29 is 23.9 Å². The Morgan fingerprint density at radius 1 is 1.25 bits per heavy atom. The highest BCUT2D eigenvalue weighted by Gasteiger charge is 2.33. The predicted octanol–water partition coefficient (Wildman–Crippen LogP) is 1.65. The van der Waals surface area contributed by atoms with Crippen molar-refractivity contribution in [3.8, 4) is 0 Å². The number of alkyl carbamates (subject to hydrolysis) is 1. The lowest BCUT2D eigenvalue weighted by molar-refractivity contribution is -0.141. The molecule has 1 aromatic carbocycles.